The molecule has 0 bridgehead atoms. The number of ether oxygens (including phenoxy) is 2. The van der Waals surface area contributed by atoms with E-state index < -0.39 is 17.7 Å². The minimum absolute atomic E-state index is 0.0268. The molecule has 33 heavy (non-hydrogen) atoms. The molecule has 0 aromatic heterocycles. The van der Waals surface area contributed by atoms with Crippen LogP contribution in [-0.4, -0.2) is 70.8 Å². The fraction of sp³-hybridized carbons (Fsp3) is 0.833. The monoisotopic (exact) mass is 462 g/mol. The molecule has 3 rings (SSSR count). The lowest BCUT2D eigenvalue weighted by Crippen LogP contribution is -2.49. The summed E-state index contributed by atoms with van der Waals surface area (Å²) in [5, 5.41) is 12.1. The fourth-order valence-electron chi connectivity index (χ4n) is 5.40. The zero-order valence-corrected chi connectivity index (χ0v) is 20.5. The molecule has 9 heteroatoms. The number of nitriles is 1. The number of nitrogens with one attached hydrogen (secondary N) is 1. The number of carbonyl (C=O) groups is 3. The fourth-order valence-corrected chi connectivity index (χ4v) is 5.40. The van der Waals surface area contributed by atoms with Crippen LogP contribution in [0.5, 0.6) is 0 Å². The Hall–Kier alpha value is -2.50. The average molecular weight is 463 g/mol. The van der Waals surface area contributed by atoms with Crippen molar-refractivity contribution in [2.45, 2.75) is 103 Å². The summed E-state index contributed by atoms with van der Waals surface area (Å²) in [4.78, 5) is 41.2. The van der Waals surface area contributed by atoms with Gasteiger partial charge in [0, 0.05) is 18.6 Å². The Morgan fingerprint density at radius 2 is 1.79 bits per heavy atom. The van der Waals surface area contributed by atoms with Crippen LogP contribution in [0, 0.1) is 23.2 Å². The molecule has 3 fully saturated rings. The molecule has 184 valence electrons. The van der Waals surface area contributed by atoms with Crippen molar-refractivity contribution >= 4 is 18.1 Å². The topological polar surface area (TPSA) is 112 Å². The molecular weight excluding hydrogens is 424 g/mol. The summed E-state index contributed by atoms with van der Waals surface area (Å²) in [6.07, 6.45) is 3.54. The molecule has 2 aliphatic carbocycles. The van der Waals surface area contributed by atoms with Gasteiger partial charge in [-0.2, -0.15) is 5.26 Å². The Labute approximate surface area is 196 Å². The summed E-state index contributed by atoms with van der Waals surface area (Å²) < 4.78 is 11.2. The van der Waals surface area contributed by atoms with Crippen molar-refractivity contribution in [3.05, 3.63) is 0 Å². The third-order valence-electron chi connectivity index (χ3n) is 6.72. The van der Waals surface area contributed by atoms with Crippen molar-refractivity contribution in [1.29, 1.82) is 5.26 Å². The Morgan fingerprint density at radius 3 is 2.33 bits per heavy atom. The van der Waals surface area contributed by atoms with Gasteiger partial charge < -0.3 is 19.7 Å². The lowest BCUT2D eigenvalue weighted by Gasteiger charge is -2.33. The van der Waals surface area contributed by atoms with Crippen LogP contribution in [-0.2, 0) is 14.3 Å². The molecule has 3 aliphatic rings. The summed E-state index contributed by atoms with van der Waals surface area (Å²) in [6, 6.07) is 1.70. The maximum Gasteiger partial charge on any atom is 0.411 e. The molecule has 9 nitrogen and oxygen atoms in total. The van der Waals surface area contributed by atoms with Gasteiger partial charge in [0.05, 0.1) is 6.07 Å². The number of fused-ring (bicyclic) bond motifs is 1. The molecule has 3 amide bonds. The van der Waals surface area contributed by atoms with E-state index in [4.69, 9.17) is 9.47 Å². The van der Waals surface area contributed by atoms with Gasteiger partial charge in [0.25, 0.3) is 0 Å². The highest BCUT2D eigenvalue weighted by molar-refractivity contribution is 5.83. The van der Waals surface area contributed by atoms with Gasteiger partial charge in [0.1, 0.15) is 24.3 Å². The van der Waals surface area contributed by atoms with Gasteiger partial charge in [-0.05, 0) is 85.0 Å². The smallest absolute Gasteiger partial charge is 0.411 e. The van der Waals surface area contributed by atoms with Crippen molar-refractivity contribution in [3.8, 4) is 6.07 Å². The molecule has 1 unspecified atom stereocenters. The second-order valence-corrected chi connectivity index (χ2v) is 10.9. The van der Waals surface area contributed by atoms with Crippen LogP contribution in [0.3, 0.4) is 0 Å². The number of likely N-dealkylation sites (tertiary alicyclic amines) is 1. The number of hydrogen-bond donors (Lipinski definition) is 1. The molecule has 0 aromatic carbocycles. The van der Waals surface area contributed by atoms with E-state index in [1.54, 1.807) is 9.80 Å². The Bertz CT molecular complexity index is 773. The van der Waals surface area contributed by atoms with Crippen LogP contribution < -0.4 is 5.32 Å². The van der Waals surface area contributed by atoms with E-state index >= 15 is 0 Å². The minimum atomic E-state index is -0.668. The summed E-state index contributed by atoms with van der Waals surface area (Å²) in [5.41, 5.74) is -0.668. The van der Waals surface area contributed by atoms with Crippen molar-refractivity contribution in [1.82, 2.24) is 15.1 Å². The van der Waals surface area contributed by atoms with Crippen LogP contribution in [0.4, 0.5) is 9.59 Å². The Balaban J connectivity index is 1.64. The van der Waals surface area contributed by atoms with E-state index in [0.29, 0.717) is 24.8 Å². The van der Waals surface area contributed by atoms with Crippen LogP contribution in [0.2, 0.25) is 0 Å². The summed E-state index contributed by atoms with van der Waals surface area (Å²) in [6.45, 7) is 9.69. The zero-order valence-electron chi connectivity index (χ0n) is 20.5. The molecule has 0 radical (unpaired) electrons. The highest BCUT2D eigenvalue weighted by Crippen LogP contribution is 2.47. The maximum absolute atomic E-state index is 13.1. The quantitative estimate of drug-likeness (QED) is 0.670. The standard InChI is InChI=1S/C24H38N4O5/c1-15(2)26-22(30)32-20-11-16-9-19(10-17(16)12-20)28(23(31)33-24(3,4)5)14-21(29)27-8-6-7-18(27)13-25/h15-20H,6-12,14H2,1-5H3,(H,26,30)/t16-,17+,18-,19?,20+/m0/s1. The van der Waals surface area contributed by atoms with Crippen LogP contribution in [0.25, 0.3) is 0 Å². The molecule has 2 saturated carbocycles. The van der Waals surface area contributed by atoms with Gasteiger partial charge in [0.15, 0.2) is 0 Å². The molecule has 0 aromatic rings. The number of alkyl carbamates (subject to hydrolysis) is 1. The van der Waals surface area contributed by atoms with Crippen molar-refractivity contribution in [2.75, 3.05) is 13.1 Å². The van der Waals surface area contributed by atoms with Crippen molar-refractivity contribution in [3.63, 3.8) is 0 Å². The molecule has 1 aliphatic heterocycles. The normalized spacial score (nSPS) is 28.9. The number of amides is 3. The highest BCUT2D eigenvalue weighted by atomic mass is 16.6. The van der Waals surface area contributed by atoms with Gasteiger partial charge >= 0.3 is 12.2 Å². The van der Waals surface area contributed by atoms with Crippen LogP contribution in [0.15, 0.2) is 0 Å². The molecule has 0 spiro atoms. The van der Waals surface area contributed by atoms with E-state index in [-0.39, 0.29) is 36.7 Å². The summed E-state index contributed by atoms with van der Waals surface area (Å²) >= 11 is 0. The third kappa shape index (κ3) is 6.52. The summed E-state index contributed by atoms with van der Waals surface area (Å²) in [7, 11) is 0. The van der Waals surface area contributed by atoms with Gasteiger partial charge in [-0.25, -0.2) is 9.59 Å². The average Bonchev–Trinajstić information content (AvgIpc) is 3.37. The molecule has 1 heterocycles. The molecule has 1 N–H and O–H groups in total. The second-order valence-electron chi connectivity index (χ2n) is 10.9. The van der Waals surface area contributed by atoms with E-state index in [2.05, 4.69) is 11.4 Å². The lowest BCUT2D eigenvalue weighted by molar-refractivity contribution is -0.133. The molecule has 5 atom stereocenters. The first-order valence-corrected chi connectivity index (χ1v) is 12.1. The van der Waals surface area contributed by atoms with Crippen LogP contribution in [0.1, 0.15) is 73.1 Å². The van der Waals surface area contributed by atoms with E-state index in [0.717, 1.165) is 32.1 Å². The van der Waals surface area contributed by atoms with Crippen molar-refractivity contribution < 1.29 is 23.9 Å². The first kappa shape index (κ1) is 25.1. The first-order valence-electron chi connectivity index (χ1n) is 12.1. The van der Waals surface area contributed by atoms with Gasteiger partial charge in [-0.1, -0.05) is 0 Å². The molecule has 1 saturated heterocycles. The number of rotatable bonds is 5. The van der Waals surface area contributed by atoms with Crippen molar-refractivity contribution in [2.24, 2.45) is 11.8 Å². The summed E-state index contributed by atoms with van der Waals surface area (Å²) in [5.74, 6) is 0.476. The van der Waals surface area contributed by atoms with E-state index in [1.165, 1.54) is 0 Å². The predicted molar refractivity (Wildman–Crippen MR) is 121 cm³/mol. The van der Waals surface area contributed by atoms with E-state index in [9.17, 15) is 19.6 Å². The largest absolute Gasteiger partial charge is 0.446 e. The lowest BCUT2D eigenvalue weighted by atomic mass is 10.0. The third-order valence-corrected chi connectivity index (χ3v) is 6.72. The Kier molecular flexibility index (Phi) is 7.76. The highest BCUT2D eigenvalue weighted by Gasteiger charge is 2.47. The van der Waals surface area contributed by atoms with Gasteiger partial charge in [-0.3, -0.25) is 9.69 Å². The van der Waals surface area contributed by atoms with E-state index in [1.807, 2.05) is 34.6 Å². The van der Waals surface area contributed by atoms with Crippen LogP contribution >= 0.6 is 0 Å². The number of hydrogen-bond acceptors (Lipinski definition) is 6. The van der Waals surface area contributed by atoms with Gasteiger partial charge in [-0.15, -0.1) is 0 Å². The zero-order chi connectivity index (χ0) is 24.3. The number of carbonyl (C=O) groups excluding carboxylic acids is 3. The maximum atomic E-state index is 13.1. The molecular formula is C24H38N4O5. The van der Waals surface area contributed by atoms with Gasteiger partial charge in [0.2, 0.25) is 5.91 Å². The minimum Gasteiger partial charge on any atom is -0.446 e. The predicted octanol–water partition coefficient (Wildman–Crippen LogP) is 3.43. The Morgan fingerprint density at radius 1 is 1.15 bits per heavy atom. The SMILES string of the molecule is CC(C)NC(=O)O[C@H]1C[C@H]2CC(N(CC(=O)N3CCC[C@H]3C#N)C(=O)OC(C)(C)C)C[C@H]2C1. The first-order chi connectivity index (χ1) is 15.5. The second kappa shape index (κ2) is 10.2. The number of nitrogens with zero attached hydrogens (tertiary/aromatic N) is 3.